The smallest absolute Gasteiger partial charge is 0.326 e. The number of fused-ring (bicyclic) bond motifs is 3. The van der Waals surface area contributed by atoms with Crippen molar-refractivity contribution >= 4 is 11.9 Å². The van der Waals surface area contributed by atoms with Gasteiger partial charge in [0.05, 0.1) is 5.41 Å². The molecule has 162 valence electrons. The minimum atomic E-state index is -0.946. The second-order valence-corrected chi connectivity index (χ2v) is 11.0. The zero-order chi connectivity index (χ0) is 21.6. The molecule has 29 heavy (non-hydrogen) atoms. The Morgan fingerprint density at radius 3 is 2.52 bits per heavy atom. The lowest BCUT2D eigenvalue weighted by Crippen LogP contribution is -2.58. The van der Waals surface area contributed by atoms with E-state index in [-0.39, 0.29) is 28.6 Å². The van der Waals surface area contributed by atoms with E-state index in [0.717, 1.165) is 44.9 Å². The van der Waals surface area contributed by atoms with Crippen LogP contribution in [0.25, 0.3) is 0 Å². The van der Waals surface area contributed by atoms with Crippen molar-refractivity contribution in [2.45, 2.75) is 85.6 Å². The van der Waals surface area contributed by atoms with Gasteiger partial charge in [0.25, 0.3) is 0 Å². The third-order valence-electron chi connectivity index (χ3n) is 8.57. The number of hydrogen-bond acceptors (Lipinski definition) is 2. The molecule has 2 N–H and O–H groups in total. The molecule has 3 aliphatic rings. The van der Waals surface area contributed by atoms with Crippen LogP contribution in [0.4, 0.5) is 0 Å². The maximum absolute atomic E-state index is 13.4. The van der Waals surface area contributed by atoms with Gasteiger partial charge < -0.3 is 10.4 Å². The second kappa shape index (κ2) is 7.59. The van der Waals surface area contributed by atoms with Gasteiger partial charge in [-0.2, -0.15) is 0 Å². The molecule has 0 aromatic carbocycles. The Labute approximate surface area is 176 Å². The van der Waals surface area contributed by atoms with Crippen molar-refractivity contribution in [3.05, 3.63) is 24.3 Å². The first-order chi connectivity index (χ1) is 13.5. The van der Waals surface area contributed by atoms with Gasteiger partial charge in [0.15, 0.2) is 0 Å². The largest absolute Gasteiger partial charge is 0.480 e. The average Bonchev–Trinajstić information content (AvgIpc) is 2.64. The fourth-order valence-corrected chi connectivity index (χ4v) is 6.71. The number of allylic oxidation sites excluding steroid dienone is 3. The Morgan fingerprint density at radius 2 is 1.93 bits per heavy atom. The molecule has 3 rings (SSSR count). The second-order valence-electron chi connectivity index (χ2n) is 11.0. The van der Waals surface area contributed by atoms with Crippen molar-refractivity contribution in [1.29, 1.82) is 0 Å². The summed E-state index contributed by atoms with van der Waals surface area (Å²) < 4.78 is 0. The fourth-order valence-electron chi connectivity index (χ4n) is 6.71. The summed E-state index contributed by atoms with van der Waals surface area (Å²) in [7, 11) is 0. The van der Waals surface area contributed by atoms with Gasteiger partial charge in [-0.25, -0.2) is 4.79 Å². The number of nitrogens with one attached hydrogen (secondary N) is 1. The van der Waals surface area contributed by atoms with E-state index in [2.05, 4.69) is 44.8 Å². The highest BCUT2D eigenvalue weighted by atomic mass is 16.4. The van der Waals surface area contributed by atoms with E-state index in [4.69, 9.17) is 0 Å². The summed E-state index contributed by atoms with van der Waals surface area (Å²) in [5.41, 5.74) is 1.26. The van der Waals surface area contributed by atoms with E-state index in [1.807, 2.05) is 13.8 Å². The molecule has 2 saturated carbocycles. The molecule has 3 aliphatic carbocycles. The summed E-state index contributed by atoms with van der Waals surface area (Å²) in [6.07, 6.45) is 11.9. The van der Waals surface area contributed by atoms with Gasteiger partial charge in [0, 0.05) is 0 Å². The lowest BCUT2D eigenvalue weighted by atomic mass is 9.46. The summed E-state index contributed by atoms with van der Waals surface area (Å²) in [4.78, 5) is 25.1. The van der Waals surface area contributed by atoms with E-state index in [0.29, 0.717) is 5.92 Å². The Kier molecular flexibility index (Phi) is 5.79. The summed E-state index contributed by atoms with van der Waals surface area (Å²) in [5, 5.41) is 12.5. The third-order valence-corrected chi connectivity index (χ3v) is 8.57. The zero-order valence-corrected chi connectivity index (χ0v) is 18.9. The van der Waals surface area contributed by atoms with Crippen LogP contribution < -0.4 is 5.32 Å². The van der Waals surface area contributed by atoms with Gasteiger partial charge in [-0.05, 0) is 67.1 Å². The maximum Gasteiger partial charge on any atom is 0.326 e. The average molecular weight is 402 g/mol. The Bertz CT molecular complexity index is 726. The van der Waals surface area contributed by atoms with Crippen LogP contribution in [0.2, 0.25) is 0 Å². The number of rotatable bonds is 5. The van der Waals surface area contributed by atoms with Crippen molar-refractivity contribution in [2.75, 3.05) is 0 Å². The predicted molar refractivity (Wildman–Crippen MR) is 116 cm³/mol. The van der Waals surface area contributed by atoms with Gasteiger partial charge in [-0.15, -0.1) is 6.58 Å². The van der Waals surface area contributed by atoms with Crippen molar-refractivity contribution < 1.29 is 14.7 Å². The van der Waals surface area contributed by atoms with Crippen molar-refractivity contribution in [3.63, 3.8) is 0 Å². The number of carboxylic acids is 1. The Balaban J connectivity index is 1.90. The molecule has 1 amide bonds. The van der Waals surface area contributed by atoms with E-state index in [1.54, 1.807) is 5.57 Å². The number of carbonyl (C=O) groups excluding carboxylic acids is 1. The lowest BCUT2D eigenvalue weighted by Gasteiger charge is -2.58. The van der Waals surface area contributed by atoms with E-state index < -0.39 is 17.4 Å². The highest BCUT2D eigenvalue weighted by Gasteiger charge is 2.57. The predicted octanol–water partition coefficient (Wildman–Crippen LogP) is 5.35. The summed E-state index contributed by atoms with van der Waals surface area (Å²) >= 11 is 0. The van der Waals surface area contributed by atoms with Crippen LogP contribution in [0.5, 0.6) is 0 Å². The van der Waals surface area contributed by atoms with Crippen LogP contribution in [-0.4, -0.2) is 23.0 Å². The minimum absolute atomic E-state index is 0.0340. The normalized spacial score (nSPS) is 40.3. The molecule has 0 aromatic rings. The van der Waals surface area contributed by atoms with Gasteiger partial charge in [-0.3, -0.25) is 4.79 Å². The molecule has 4 nitrogen and oxygen atoms in total. The molecule has 0 aromatic heterocycles. The van der Waals surface area contributed by atoms with Crippen molar-refractivity contribution in [3.8, 4) is 0 Å². The third kappa shape index (κ3) is 3.68. The van der Waals surface area contributed by atoms with Crippen molar-refractivity contribution in [1.82, 2.24) is 5.32 Å². The first-order valence-corrected chi connectivity index (χ1v) is 11.3. The standard InChI is InChI=1S/C25H39NO3/c1-7-23(4)14-11-18-17(15-23)9-10-19-24(18,5)12-8-13-25(19,6)22(29)26-20(16(2)3)21(27)28/h7,11,16-17,19-20H,1,8-10,12-15H2,2-6H3,(H,26,29)(H,27,28)/t17?,19?,20-,23+,24+,25-/m0/s1. The molecule has 0 spiro atoms. The van der Waals surface area contributed by atoms with Crippen LogP contribution in [0.1, 0.15) is 79.6 Å². The summed E-state index contributed by atoms with van der Waals surface area (Å²) in [6.45, 7) is 14.5. The van der Waals surface area contributed by atoms with Crippen LogP contribution in [-0.2, 0) is 9.59 Å². The number of aliphatic carboxylic acids is 1. The minimum Gasteiger partial charge on any atom is -0.480 e. The molecule has 4 heteroatoms. The molecule has 0 saturated heterocycles. The molecule has 0 bridgehead atoms. The fraction of sp³-hybridized carbons (Fsp3) is 0.760. The van der Waals surface area contributed by atoms with E-state index in [9.17, 15) is 14.7 Å². The Hall–Kier alpha value is -1.58. The van der Waals surface area contributed by atoms with Gasteiger partial charge in [-0.1, -0.05) is 58.8 Å². The highest BCUT2D eigenvalue weighted by Crippen LogP contribution is 2.63. The zero-order valence-electron chi connectivity index (χ0n) is 18.9. The summed E-state index contributed by atoms with van der Waals surface area (Å²) in [6, 6.07) is -0.828. The molecule has 0 aliphatic heterocycles. The first kappa shape index (κ1) is 22.1. The number of carboxylic acid groups (broad SMARTS) is 1. The monoisotopic (exact) mass is 401 g/mol. The van der Waals surface area contributed by atoms with E-state index >= 15 is 0 Å². The van der Waals surface area contributed by atoms with Crippen molar-refractivity contribution in [2.24, 2.45) is 34.0 Å². The van der Waals surface area contributed by atoms with Gasteiger partial charge >= 0.3 is 5.97 Å². The quantitative estimate of drug-likeness (QED) is 0.611. The number of amides is 1. The van der Waals surface area contributed by atoms with Crippen LogP contribution in [0.15, 0.2) is 24.3 Å². The molecular formula is C25H39NO3. The maximum atomic E-state index is 13.4. The highest BCUT2D eigenvalue weighted by molar-refractivity contribution is 5.88. The van der Waals surface area contributed by atoms with E-state index in [1.165, 1.54) is 0 Å². The first-order valence-electron chi connectivity index (χ1n) is 11.3. The van der Waals surface area contributed by atoms with Crippen LogP contribution in [0, 0.1) is 34.0 Å². The topological polar surface area (TPSA) is 66.4 Å². The number of hydrogen-bond donors (Lipinski definition) is 2. The molecular weight excluding hydrogens is 362 g/mol. The lowest BCUT2D eigenvalue weighted by molar-refractivity contribution is -0.150. The Morgan fingerprint density at radius 1 is 1.24 bits per heavy atom. The molecule has 2 fully saturated rings. The molecule has 0 radical (unpaired) electrons. The van der Waals surface area contributed by atoms with Gasteiger partial charge in [0.1, 0.15) is 6.04 Å². The molecule has 0 heterocycles. The SMILES string of the molecule is C=C[C@]1(C)CC=C2C(CCC3[C@@](C)(C(=O)N[C@H](C(=O)O)C(C)C)CCC[C@]23C)C1. The van der Waals surface area contributed by atoms with Crippen LogP contribution in [0.3, 0.4) is 0 Å². The molecule has 6 atom stereocenters. The number of carbonyl (C=O) groups is 2. The van der Waals surface area contributed by atoms with Gasteiger partial charge in [0.2, 0.25) is 5.91 Å². The molecule has 2 unspecified atom stereocenters. The summed E-state index contributed by atoms with van der Waals surface area (Å²) in [5.74, 6) is -0.302. The van der Waals surface area contributed by atoms with Crippen LogP contribution >= 0.6 is 0 Å².